The highest BCUT2D eigenvalue weighted by atomic mass is 15.2. The van der Waals surface area contributed by atoms with Crippen molar-refractivity contribution in [2.24, 2.45) is 5.73 Å². The van der Waals surface area contributed by atoms with Crippen LogP contribution >= 0.6 is 0 Å². The van der Waals surface area contributed by atoms with E-state index in [4.69, 9.17) is 5.73 Å². The number of rotatable bonds is 2. The lowest BCUT2D eigenvalue weighted by Gasteiger charge is -2.25. The maximum atomic E-state index is 5.84. The highest BCUT2D eigenvalue weighted by Gasteiger charge is 2.26. The summed E-state index contributed by atoms with van der Waals surface area (Å²) >= 11 is 0. The van der Waals surface area contributed by atoms with Gasteiger partial charge in [-0.2, -0.15) is 0 Å². The summed E-state index contributed by atoms with van der Waals surface area (Å²) in [6.07, 6.45) is 3.02. The number of anilines is 2. The van der Waals surface area contributed by atoms with Crippen LogP contribution in [0.25, 0.3) is 0 Å². The van der Waals surface area contributed by atoms with Crippen molar-refractivity contribution in [1.29, 1.82) is 0 Å². The Morgan fingerprint density at radius 3 is 2.74 bits per heavy atom. The third-order valence-electron chi connectivity index (χ3n) is 3.72. The van der Waals surface area contributed by atoms with Crippen LogP contribution in [0.15, 0.2) is 42.6 Å². The van der Waals surface area contributed by atoms with Crippen molar-refractivity contribution in [3.05, 3.63) is 53.9 Å². The van der Waals surface area contributed by atoms with E-state index in [1.807, 2.05) is 19.2 Å². The molecular formula is C16H19N3. The van der Waals surface area contributed by atoms with E-state index in [2.05, 4.69) is 47.1 Å². The van der Waals surface area contributed by atoms with Crippen molar-refractivity contribution in [1.82, 2.24) is 4.98 Å². The normalized spacial score (nSPS) is 19.3. The van der Waals surface area contributed by atoms with Crippen molar-refractivity contribution in [2.45, 2.75) is 32.4 Å². The van der Waals surface area contributed by atoms with Crippen LogP contribution in [-0.2, 0) is 6.42 Å². The standard InChI is InChI=1S/C16H19N3/c1-11-9-13-5-3-4-6-16(13)19(11)14-7-8-15(12(2)17)18-10-14/h3-8,10-12H,9,17H2,1-2H3/t11?,12-/m1/s1. The van der Waals surface area contributed by atoms with E-state index in [1.165, 1.54) is 11.3 Å². The molecule has 0 aliphatic carbocycles. The minimum Gasteiger partial charge on any atom is -0.337 e. The average Bonchev–Trinajstić information content (AvgIpc) is 2.74. The van der Waals surface area contributed by atoms with Crippen LogP contribution in [0.1, 0.15) is 31.1 Å². The van der Waals surface area contributed by atoms with Crippen LogP contribution in [0.4, 0.5) is 11.4 Å². The Hall–Kier alpha value is -1.87. The molecule has 2 N–H and O–H groups in total. The Kier molecular flexibility index (Phi) is 2.99. The van der Waals surface area contributed by atoms with Gasteiger partial charge in [-0.05, 0) is 44.0 Å². The number of fused-ring (bicyclic) bond motifs is 1. The lowest BCUT2D eigenvalue weighted by atomic mass is 10.1. The number of hydrogen-bond donors (Lipinski definition) is 1. The Morgan fingerprint density at radius 2 is 2.05 bits per heavy atom. The first-order valence-corrected chi connectivity index (χ1v) is 6.75. The van der Waals surface area contributed by atoms with Gasteiger partial charge in [0, 0.05) is 17.8 Å². The molecule has 0 saturated heterocycles. The van der Waals surface area contributed by atoms with E-state index in [0.717, 1.165) is 17.8 Å². The number of benzene rings is 1. The molecule has 3 heteroatoms. The molecule has 2 aromatic rings. The van der Waals surface area contributed by atoms with Gasteiger partial charge in [0.05, 0.1) is 17.6 Å². The maximum absolute atomic E-state index is 5.84. The molecule has 2 atom stereocenters. The van der Waals surface area contributed by atoms with E-state index < -0.39 is 0 Å². The number of hydrogen-bond acceptors (Lipinski definition) is 3. The predicted molar refractivity (Wildman–Crippen MR) is 78.6 cm³/mol. The Bertz CT molecular complexity index is 575. The van der Waals surface area contributed by atoms with Crippen LogP contribution in [0.5, 0.6) is 0 Å². The largest absolute Gasteiger partial charge is 0.337 e. The Balaban J connectivity index is 1.98. The first kappa shape index (κ1) is 12.2. The zero-order valence-electron chi connectivity index (χ0n) is 11.4. The van der Waals surface area contributed by atoms with Gasteiger partial charge in [-0.15, -0.1) is 0 Å². The van der Waals surface area contributed by atoms with Crippen molar-refractivity contribution in [3.8, 4) is 0 Å². The van der Waals surface area contributed by atoms with Crippen LogP contribution in [0.3, 0.4) is 0 Å². The van der Waals surface area contributed by atoms with Gasteiger partial charge in [0.15, 0.2) is 0 Å². The molecule has 1 aromatic heterocycles. The number of aromatic nitrogens is 1. The fraction of sp³-hybridized carbons (Fsp3) is 0.312. The van der Waals surface area contributed by atoms with Gasteiger partial charge >= 0.3 is 0 Å². The van der Waals surface area contributed by atoms with Crippen LogP contribution in [0, 0.1) is 0 Å². The number of para-hydroxylation sites is 1. The lowest BCUT2D eigenvalue weighted by molar-refractivity contribution is 0.751. The van der Waals surface area contributed by atoms with E-state index >= 15 is 0 Å². The summed E-state index contributed by atoms with van der Waals surface area (Å²) < 4.78 is 0. The number of nitrogens with two attached hydrogens (primary N) is 1. The zero-order valence-corrected chi connectivity index (χ0v) is 11.4. The van der Waals surface area contributed by atoms with Crippen molar-refractivity contribution in [2.75, 3.05) is 4.90 Å². The zero-order chi connectivity index (χ0) is 13.4. The molecule has 98 valence electrons. The van der Waals surface area contributed by atoms with Gasteiger partial charge < -0.3 is 10.6 Å². The smallest absolute Gasteiger partial charge is 0.0600 e. The minimum absolute atomic E-state index is 0.0164. The molecule has 0 radical (unpaired) electrons. The van der Waals surface area contributed by atoms with Crippen molar-refractivity contribution < 1.29 is 0 Å². The fourth-order valence-corrected chi connectivity index (χ4v) is 2.77. The summed E-state index contributed by atoms with van der Waals surface area (Å²) in [4.78, 5) is 6.82. The molecule has 2 heterocycles. The molecule has 0 fully saturated rings. The molecule has 0 spiro atoms. The van der Waals surface area contributed by atoms with Crippen LogP contribution in [0.2, 0.25) is 0 Å². The van der Waals surface area contributed by atoms with Crippen LogP contribution < -0.4 is 10.6 Å². The number of nitrogens with zero attached hydrogens (tertiary/aromatic N) is 2. The summed E-state index contributed by atoms with van der Waals surface area (Å²) in [6, 6.07) is 13.2. The third-order valence-corrected chi connectivity index (χ3v) is 3.72. The molecule has 3 nitrogen and oxygen atoms in total. The molecule has 0 bridgehead atoms. The van der Waals surface area contributed by atoms with E-state index in [9.17, 15) is 0 Å². The Labute approximate surface area is 114 Å². The van der Waals surface area contributed by atoms with Crippen molar-refractivity contribution >= 4 is 11.4 Å². The van der Waals surface area contributed by atoms with Crippen molar-refractivity contribution in [3.63, 3.8) is 0 Å². The van der Waals surface area contributed by atoms with Gasteiger partial charge in [-0.3, -0.25) is 4.98 Å². The quantitative estimate of drug-likeness (QED) is 0.893. The first-order valence-electron chi connectivity index (χ1n) is 6.75. The third kappa shape index (κ3) is 2.10. The van der Waals surface area contributed by atoms with E-state index in [1.54, 1.807) is 0 Å². The van der Waals surface area contributed by atoms with Gasteiger partial charge in [-0.25, -0.2) is 0 Å². The number of pyridine rings is 1. The minimum atomic E-state index is -0.0164. The first-order chi connectivity index (χ1) is 9.16. The van der Waals surface area contributed by atoms with Crippen LogP contribution in [-0.4, -0.2) is 11.0 Å². The maximum Gasteiger partial charge on any atom is 0.0600 e. The summed E-state index contributed by atoms with van der Waals surface area (Å²) in [7, 11) is 0. The summed E-state index contributed by atoms with van der Waals surface area (Å²) in [5.41, 5.74) is 10.6. The molecule has 0 saturated carbocycles. The SMILES string of the molecule is CC1Cc2ccccc2N1c1ccc([C@@H](C)N)nc1. The molecule has 1 unspecified atom stereocenters. The second-order valence-electron chi connectivity index (χ2n) is 5.28. The molecule has 1 aliphatic heterocycles. The topological polar surface area (TPSA) is 42.1 Å². The predicted octanol–water partition coefficient (Wildman–Crippen LogP) is 3.18. The summed E-state index contributed by atoms with van der Waals surface area (Å²) in [5, 5.41) is 0. The van der Waals surface area contributed by atoms with Gasteiger partial charge in [0.2, 0.25) is 0 Å². The average molecular weight is 253 g/mol. The van der Waals surface area contributed by atoms with E-state index in [0.29, 0.717) is 6.04 Å². The monoisotopic (exact) mass is 253 g/mol. The van der Waals surface area contributed by atoms with E-state index in [-0.39, 0.29) is 6.04 Å². The Morgan fingerprint density at radius 1 is 1.26 bits per heavy atom. The van der Waals surface area contributed by atoms with Gasteiger partial charge in [0.25, 0.3) is 0 Å². The highest BCUT2D eigenvalue weighted by molar-refractivity contribution is 5.70. The molecule has 1 aliphatic rings. The lowest BCUT2D eigenvalue weighted by Crippen LogP contribution is -2.24. The fourth-order valence-electron chi connectivity index (χ4n) is 2.77. The molecule has 19 heavy (non-hydrogen) atoms. The second kappa shape index (κ2) is 4.67. The molecule has 0 amide bonds. The second-order valence-corrected chi connectivity index (χ2v) is 5.28. The molecule has 3 rings (SSSR count). The highest BCUT2D eigenvalue weighted by Crippen LogP contribution is 2.37. The van der Waals surface area contributed by atoms with Gasteiger partial charge in [0.1, 0.15) is 0 Å². The molecular weight excluding hydrogens is 234 g/mol. The summed E-state index contributed by atoms with van der Waals surface area (Å²) in [6.45, 7) is 4.20. The molecule has 1 aromatic carbocycles. The summed E-state index contributed by atoms with van der Waals surface area (Å²) in [5.74, 6) is 0. The van der Waals surface area contributed by atoms with Gasteiger partial charge in [-0.1, -0.05) is 18.2 Å².